The molecule has 0 heterocycles. The molecule has 0 saturated heterocycles. The Bertz CT molecular complexity index is 1380. The Morgan fingerprint density at radius 1 is 1.06 bits per heavy atom. The Kier molecular flexibility index (Phi) is 8.38. The van der Waals surface area contributed by atoms with Gasteiger partial charge in [-0.1, -0.05) is 0 Å². The van der Waals surface area contributed by atoms with Gasteiger partial charge in [0, 0.05) is 17.8 Å². The SMILES string of the molecule is COc1ccc(C(=O)Oc2c(Br)cc(/C=C(\C#N)C(=O)Nc3ccc([N+](=O)[O-])cc3)cc2OC)cc1. The number of nitro groups is 1. The number of hydrogen-bond donors (Lipinski definition) is 1. The summed E-state index contributed by atoms with van der Waals surface area (Å²) in [6, 6.07) is 16.4. The number of hydrogen-bond acceptors (Lipinski definition) is 8. The summed E-state index contributed by atoms with van der Waals surface area (Å²) in [5.74, 6) is -0.446. The highest BCUT2D eigenvalue weighted by Gasteiger charge is 2.18. The molecule has 0 saturated carbocycles. The highest BCUT2D eigenvalue weighted by Crippen LogP contribution is 2.38. The van der Waals surface area contributed by atoms with Crippen molar-refractivity contribution in [3.8, 4) is 23.3 Å². The first-order valence-corrected chi connectivity index (χ1v) is 11.0. The van der Waals surface area contributed by atoms with E-state index in [-0.39, 0.29) is 28.4 Å². The minimum atomic E-state index is -0.712. The van der Waals surface area contributed by atoms with Crippen molar-refractivity contribution in [2.24, 2.45) is 0 Å². The fourth-order valence-electron chi connectivity index (χ4n) is 2.98. The summed E-state index contributed by atoms with van der Waals surface area (Å²) in [6.07, 6.45) is 1.32. The van der Waals surface area contributed by atoms with Crippen LogP contribution in [-0.4, -0.2) is 31.0 Å². The molecule has 0 unspecified atom stereocenters. The second-order valence-electron chi connectivity index (χ2n) is 7.08. The van der Waals surface area contributed by atoms with Crippen LogP contribution >= 0.6 is 15.9 Å². The van der Waals surface area contributed by atoms with Gasteiger partial charge >= 0.3 is 5.97 Å². The molecule has 0 aliphatic rings. The predicted molar refractivity (Wildman–Crippen MR) is 134 cm³/mol. The number of non-ortho nitro benzene ring substituents is 1. The van der Waals surface area contributed by atoms with Crippen molar-refractivity contribution in [3.63, 3.8) is 0 Å². The molecular formula is C25H18BrN3O7. The van der Waals surface area contributed by atoms with E-state index >= 15 is 0 Å². The number of carbonyl (C=O) groups excluding carboxylic acids is 2. The number of nitrogens with one attached hydrogen (secondary N) is 1. The zero-order valence-electron chi connectivity index (χ0n) is 19.0. The number of anilines is 1. The third-order valence-corrected chi connectivity index (χ3v) is 5.37. The third-order valence-electron chi connectivity index (χ3n) is 4.78. The van der Waals surface area contributed by atoms with Crippen LogP contribution in [0.2, 0.25) is 0 Å². The number of ether oxygens (including phenoxy) is 3. The summed E-state index contributed by atoms with van der Waals surface area (Å²) in [4.78, 5) is 35.4. The molecule has 0 aliphatic heterocycles. The molecule has 0 atom stereocenters. The number of esters is 1. The molecule has 1 amide bonds. The molecule has 1 N–H and O–H groups in total. The van der Waals surface area contributed by atoms with Gasteiger partial charge in [-0.25, -0.2) is 4.79 Å². The van der Waals surface area contributed by atoms with Gasteiger partial charge in [0.1, 0.15) is 17.4 Å². The number of carbonyl (C=O) groups is 2. The topological polar surface area (TPSA) is 141 Å². The number of halogens is 1. The van der Waals surface area contributed by atoms with E-state index in [4.69, 9.17) is 14.2 Å². The highest BCUT2D eigenvalue weighted by molar-refractivity contribution is 9.10. The third kappa shape index (κ3) is 6.25. The van der Waals surface area contributed by atoms with E-state index < -0.39 is 16.8 Å². The van der Waals surface area contributed by atoms with E-state index in [2.05, 4.69) is 21.2 Å². The monoisotopic (exact) mass is 551 g/mol. The highest BCUT2D eigenvalue weighted by atomic mass is 79.9. The van der Waals surface area contributed by atoms with Gasteiger partial charge in [0.05, 0.1) is 29.2 Å². The first-order valence-electron chi connectivity index (χ1n) is 10.2. The van der Waals surface area contributed by atoms with Crippen LogP contribution in [0.15, 0.2) is 70.7 Å². The molecule has 0 spiro atoms. The molecule has 0 bridgehead atoms. The maximum absolute atomic E-state index is 12.6. The van der Waals surface area contributed by atoms with Crippen molar-refractivity contribution in [3.05, 3.63) is 92.0 Å². The van der Waals surface area contributed by atoms with Gasteiger partial charge in [-0.3, -0.25) is 14.9 Å². The number of nitriles is 1. The number of nitro benzene ring substituents is 1. The predicted octanol–water partition coefficient (Wildman–Crippen LogP) is 5.14. The Hall–Kier alpha value is -4.69. The lowest BCUT2D eigenvalue weighted by molar-refractivity contribution is -0.384. The van der Waals surface area contributed by atoms with Crippen LogP contribution < -0.4 is 19.5 Å². The van der Waals surface area contributed by atoms with Crippen molar-refractivity contribution < 1.29 is 28.7 Å². The molecule has 3 rings (SSSR count). The molecule has 3 aromatic carbocycles. The van der Waals surface area contributed by atoms with Gasteiger partial charge in [-0.15, -0.1) is 0 Å². The number of rotatable bonds is 8. The van der Waals surface area contributed by atoms with E-state index in [1.165, 1.54) is 50.6 Å². The van der Waals surface area contributed by atoms with Crippen molar-refractivity contribution in [1.29, 1.82) is 5.26 Å². The van der Waals surface area contributed by atoms with Crippen molar-refractivity contribution in [1.82, 2.24) is 0 Å². The van der Waals surface area contributed by atoms with Crippen molar-refractivity contribution in [2.45, 2.75) is 0 Å². The minimum absolute atomic E-state index is 0.115. The van der Waals surface area contributed by atoms with Crippen molar-refractivity contribution >= 4 is 45.3 Å². The molecule has 0 aliphatic carbocycles. The lowest BCUT2D eigenvalue weighted by Gasteiger charge is -2.13. The summed E-state index contributed by atoms with van der Waals surface area (Å²) in [5, 5.41) is 22.8. The van der Waals surface area contributed by atoms with Gasteiger partial charge in [0.2, 0.25) is 0 Å². The molecule has 11 heteroatoms. The molecule has 10 nitrogen and oxygen atoms in total. The Morgan fingerprint density at radius 3 is 2.28 bits per heavy atom. The molecule has 36 heavy (non-hydrogen) atoms. The quantitative estimate of drug-likeness (QED) is 0.101. The first kappa shape index (κ1) is 25.9. The maximum atomic E-state index is 12.6. The largest absolute Gasteiger partial charge is 0.497 e. The molecule has 0 fully saturated rings. The van der Waals surface area contributed by atoms with Crippen LogP contribution in [-0.2, 0) is 4.79 Å². The van der Waals surface area contributed by atoms with E-state index in [0.29, 0.717) is 21.3 Å². The molecule has 182 valence electrons. The maximum Gasteiger partial charge on any atom is 0.343 e. The molecular weight excluding hydrogens is 534 g/mol. The lowest BCUT2D eigenvalue weighted by Crippen LogP contribution is -2.13. The average Bonchev–Trinajstić information content (AvgIpc) is 2.88. The van der Waals surface area contributed by atoms with Crippen LogP contribution in [0.25, 0.3) is 6.08 Å². The molecule has 0 aromatic heterocycles. The summed E-state index contributed by atoms with van der Waals surface area (Å²) >= 11 is 3.34. The van der Waals surface area contributed by atoms with E-state index in [1.54, 1.807) is 30.3 Å². The van der Waals surface area contributed by atoms with Crippen molar-refractivity contribution in [2.75, 3.05) is 19.5 Å². The number of amides is 1. The van der Waals surface area contributed by atoms with Crippen LogP contribution in [0.3, 0.4) is 0 Å². The van der Waals surface area contributed by atoms with Gasteiger partial charge in [0.15, 0.2) is 11.5 Å². The first-order chi connectivity index (χ1) is 17.2. The van der Waals surface area contributed by atoms with Crippen LogP contribution in [0.4, 0.5) is 11.4 Å². The fourth-order valence-corrected chi connectivity index (χ4v) is 3.52. The fraction of sp³-hybridized carbons (Fsp3) is 0.0800. The summed E-state index contributed by atoms with van der Waals surface area (Å²) in [7, 11) is 2.90. The second kappa shape index (κ2) is 11.6. The van der Waals surface area contributed by atoms with Crippen LogP contribution in [0.5, 0.6) is 17.2 Å². The van der Waals surface area contributed by atoms with E-state index in [9.17, 15) is 25.0 Å². The van der Waals surface area contributed by atoms with Gasteiger partial charge < -0.3 is 19.5 Å². The standard InChI is InChI=1S/C25H18BrN3O7/c1-34-20-9-3-16(4-10-20)25(31)36-23-21(26)12-15(13-22(23)35-2)11-17(14-27)24(30)28-18-5-7-19(8-6-18)29(32)33/h3-13H,1-2H3,(H,28,30)/b17-11+. The van der Waals surface area contributed by atoms with E-state index in [0.717, 1.165) is 0 Å². The Balaban J connectivity index is 1.82. The summed E-state index contributed by atoms with van der Waals surface area (Å²) in [5.41, 5.74) is 0.632. The number of benzene rings is 3. The number of methoxy groups -OCH3 is 2. The van der Waals surface area contributed by atoms with E-state index in [1.807, 2.05) is 6.07 Å². The second-order valence-corrected chi connectivity index (χ2v) is 7.93. The Labute approximate surface area is 214 Å². The zero-order chi connectivity index (χ0) is 26.2. The summed E-state index contributed by atoms with van der Waals surface area (Å²) in [6.45, 7) is 0. The van der Waals surface area contributed by atoms with Crippen LogP contribution in [0.1, 0.15) is 15.9 Å². The number of nitrogens with zero attached hydrogens (tertiary/aromatic N) is 2. The van der Waals surface area contributed by atoms with Gasteiger partial charge in [-0.05, 0) is 76.1 Å². The summed E-state index contributed by atoms with van der Waals surface area (Å²) < 4.78 is 16.3. The molecule has 3 aromatic rings. The normalized spacial score (nSPS) is 10.7. The minimum Gasteiger partial charge on any atom is -0.497 e. The molecule has 0 radical (unpaired) electrons. The van der Waals surface area contributed by atoms with Gasteiger partial charge in [0.25, 0.3) is 11.6 Å². The van der Waals surface area contributed by atoms with Gasteiger partial charge in [-0.2, -0.15) is 5.26 Å². The average molecular weight is 552 g/mol. The smallest absolute Gasteiger partial charge is 0.343 e. The Morgan fingerprint density at radius 2 is 1.72 bits per heavy atom. The van der Waals surface area contributed by atoms with Crippen LogP contribution in [0, 0.1) is 21.4 Å². The zero-order valence-corrected chi connectivity index (χ0v) is 20.6. The lowest BCUT2D eigenvalue weighted by atomic mass is 10.1.